The average molecular weight is 283 g/mol. The molecule has 0 bridgehead atoms. The largest absolute Gasteiger partial charge is 0.480 e. The van der Waals surface area contributed by atoms with E-state index in [4.69, 9.17) is 5.11 Å². The summed E-state index contributed by atoms with van der Waals surface area (Å²) in [6, 6.07) is 7.25. The van der Waals surface area contributed by atoms with Gasteiger partial charge in [-0.25, -0.2) is 8.42 Å². The Morgan fingerprint density at radius 3 is 2.68 bits per heavy atom. The van der Waals surface area contributed by atoms with Crippen LogP contribution in [-0.2, 0) is 21.2 Å². The van der Waals surface area contributed by atoms with Gasteiger partial charge in [0.2, 0.25) is 10.0 Å². The molecule has 0 spiro atoms. The van der Waals surface area contributed by atoms with Crippen molar-refractivity contribution in [1.82, 2.24) is 0 Å². The monoisotopic (exact) mass is 283 g/mol. The van der Waals surface area contributed by atoms with Crippen LogP contribution in [-0.4, -0.2) is 31.3 Å². The van der Waals surface area contributed by atoms with Gasteiger partial charge in [-0.15, -0.1) is 0 Å². The minimum absolute atomic E-state index is 0.172. The van der Waals surface area contributed by atoms with E-state index >= 15 is 0 Å². The third kappa shape index (κ3) is 2.45. The molecule has 0 aromatic heterocycles. The maximum absolute atomic E-state index is 12.4. The summed E-state index contributed by atoms with van der Waals surface area (Å²) < 4.78 is 26.0. The second-order valence-electron chi connectivity index (χ2n) is 4.99. The summed E-state index contributed by atoms with van der Waals surface area (Å²) in [5.74, 6) is -1.15. The Bertz CT molecular complexity index is 596. The lowest BCUT2D eigenvalue weighted by Crippen LogP contribution is -2.45. The van der Waals surface area contributed by atoms with Crippen LogP contribution in [0.1, 0.15) is 19.4 Å². The fourth-order valence-corrected chi connectivity index (χ4v) is 3.86. The summed E-state index contributed by atoms with van der Waals surface area (Å²) in [6.07, 6.45) is 0.809. The molecule has 104 valence electrons. The minimum Gasteiger partial charge on any atom is -0.480 e. The molecule has 0 saturated carbocycles. The molecular weight excluding hydrogens is 266 g/mol. The number of anilines is 1. The normalized spacial score (nSPS) is 20.7. The number of hydrogen-bond acceptors (Lipinski definition) is 3. The van der Waals surface area contributed by atoms with Crippen LogP contribution in [0.3, 0.4) is 0 Å². The zero-order valence-electron chi connectivity index (χ0n) is 10.9. The first kappa shape index (κ1) is 13.9. The first-order chi connectivity index (χ1) is 8.84. The molecule has 1 heterocycles. The number of para-hydroxylation sites is 1. The van der Waals surface area contributed by atoms with Crippen molar-refractivity contribution in [2.75, 3.05) is 10.8 Å². The van der Waals surface area contributed by atoms with Gasteiger partial charge in [0.15, 0.2) is 5.25 Å². The highest BCUT2D eigenvalue weighted by Crippen LogP contribution is 2.32. The van der Waals surface area contributed by atoms with Crippen molar-refractivity contribution in [3.8, 4) is 0 Å². The van der Waals surface area contributed by atoms with Gasteiger partial charge in [-0.05, 0) is 30.9 Å². The lowest BCUT2D eigenvalue weighted by molar-refractivity contribution is -0.136. The summed E-state index contributed by atoms with van der Waals surface area (Å²) in [5.41, 5.74) is 1.55. The van der Waals surface area contributed by atoms with E-state index in [9.17, 15) is 13.2 Å². The number of carboxylic acid groups (broad SMARTS) is 1. The number of sulfonamides is 1. The zero-order chi connectivity index (χ0) is 14.2. The highest BCUT2D eigenvalue weighted by atomic mass is 32.2. The van der Waals surface area contributed by atoms with Crippen LogP contribution in [0, 0.1) is 5.92 Å². The summed E-state index contributed by atoms with van der Waals surface area (Å²) in [4.78, 5) is 11.0. The molecule has 0 amide bonds. The summed E-state index contributed by atoms with van der Waals surface area (Å²) in [5, 5.41) is 7.52. The second kappa shape index (κ2) is 4.85. The molecule has 2 atom stereocenters. The molecule has 0 saturated heterocycles. The Morgan fingerprint density at radius 1 is 1.42 bits per heavy atom. The van der Waals surface area contributed by atoms with Gasteiger partial charge in [0.05, 0.1) is 5.69 Å². The Balaban J connectivity index is 2.49. The standard InChI is InChI=1S/C13H17NO4S/c1-9-7-11-5-3-4-6-12(11)14(8-9)19(17,18)10(2)13(15)16/h3-6,9-10H,7-8H2,1-2H3,(H,15,16). The van der Waals surface area contributed by atoms with Gasteiger partial charge in [0.25, 0.3) is 0 Å². The zero-order valence-corrected chi connectivity index (χ0v) is 11.7. The third-order valence-corrected chi connectivity index (χ3v) is 5.46. The predicted octanol–water partition coefficient (Wildman–Crippen LogP) is 1.49. The Morgan fingerprint density at radius 2 is 2.05 bits per heavy atom. The van der Waals surface area contributed by atoms with Crippen molar-refractivity contribution >= 4 is 21.7 Å². The van der Waals surface area contributed by atoms with Gasteiger partial charge in [0.1, 0.15) is 0 Å². The fraction of sp³-hybridized carbons (Fsp3) is 0.462. The van der Waals surface area contributed by atoms with E-state index in [1.54, 1.807) is 12.1 Å². The number of benzene rings is 1. The lowest BCUT2D eigenvalue weighted by Gasteiger charge is -2.34. The maximum Gasteiger partial charge on any atom is 0.323 e. The van der Waals surface area contributed by atoms with E-state index in [0.717, 1.165) is 12.0 Å². The predicted molar refractivity (Wildman–Crippen MR) is 72.7 cm³/mol. The maximum atomic E-state index is 12.4. The Kier molecular flexibility index (Phi) is 3.54. The van der Waals surface area contributed by atoms with Crippen LogP contribution in [0.4, 0.5) is 5.69 Å². The number of carboxylic acids is 1. The molecule has 0 radical (unpaired) electrons. The van der Waals surface area contributed by atoms with E-state index in [-0.39, 0.29) is 5.92 Å². The lowest BCUT2D eigenvalue weighted by atomic mass is 9.96. The summed E-state index contributed by atoms with van der Waals surface area (Å²) >= 11 is 0. The van der Waals surface area contributed by atoms with Gasteiger partial charge in [0, 0.05) is 6.54 Å². The number of aliphatic carboxylic acids is 1. The van der Waals surface area contributed by atoms with Gasteiger partial charge >= 0.3 is 5.97 Å². The van der Waals surface area contributed by atoms with E-state index in [2.05, 4.69) is 0 Å². The molecule has 1 aliphatic rings. The Hall–Kier alpha value is -1.56. The van der Waals surface area contributed by atoms with E-state index in [1.165, 1.54) is 11.2 Å². The smallest absolute Gasteiger partial charge is 0.323 e. The summed E-state index contributed by atoms with van der Waals surface area (Å²) in [7, 11) is -3.87. The third-order valence-electron chi connectivity index (χ3n) is 3.41. The highest BCUT2D eigenvalue weighted by Gasteiger charge is 2.37. The molecule has 19 heavy (non-hydrogen) atoms. The number of nitrogens with zero attached hydrogens (tertiary/aromatic N) is 1. The molecule has 0 aliphatic carbocycles. The van der Waals surface area contributed by atoms with Gasteiger partial charge in [-0.1, -0.05) is 25.1 Å². The van der Waals surface area contributed by atoms with E-state index < -0.39 is 21.2 Å². The van der Waals surface area contributed by atoms with Crippen molar-refractivity contribution in [2.24, 2.45) is 5.92 Å². The van der Waals surface area contributed by atoms with Crippen LogP contribution >= 0.6 is 0 Å². The van der Waals surface area contributed by atoms with Gasteiger partial charge in [-0.2, -0.15) is 0 Å². The van der Waals surface area contributed by atoms with Crippen LogP contribution in [0.5, 0.6) is 0 Å². The quantitative estimate of drug-likeness (QED) is 0.912. The van der Waals surface area contributed by atoms with Crippen LogP contribution in [0.2, 0.25) is 0 Å². The first-order valence-electron chi connectivity index (χ1n) is 6.16. The van der Waals surface area contributed by atoms with Crippen molar-refractivity contribution in [2.45, 2.75) is 25.5 Å². The van der Waals surface area contributed by atoms with Crippen LogP contribution in [0.15, 0.2) is 24.3 Å². The second-order valence-corrected chi connectivity index (χ2v) is 7.17. The molecule has 1 N–H and O–H groups in total. The minimum atomic E-state index is -3.87. The van der Waals surface area contributed by atoms with Crippen molar-refractivity contribution in [1.29, 1.82) is 0 Å². The Labute approximate surface area is 112 Å². The highest BCUT2D eigenvalue weighted by molar-refractivity contribution is 7.94. The molecule has 1 aromatic carbocycles. The number of carbonyl (C=O) groups is 1. The number of hydrogen-bond donors (Lipinski definition) is 1. The SMILES string of the molecule is CC1Cc2ccccc2N(S(=O)(=O)C(C)C(=O)O)C1. The van der Waals surface area contributed by atoms with Gasteiger partial charge < -0.3 is 5.11 Å². The van der Waals surface area contributed by atoms with Gasteiger partial charge in [-0.3, -0.25) is 9.10 Å². The van der Waals surface area contributed by atoms with E-state index in [1.807, 2.05) is 19.1 Å². The summed E-state index contributed by atoms with van der Waals surface area (Å²) in [6.45, 7) is 3.50. The molecule has 5 nitrogen and oxygen atoms in total. The fourth-order valence-electron chi connectivity index (χ4n) is 2.31. The molecular formula is C13H17NO4S. The molecule has 0 fully saturated rings. The molecule has 2 rings (SSSR count). The van der Waals surface area contributed by atoms with Crippen LogP contribution < -0.4 is 4.31 Å². The van der Waals surface area contributed by atoms with E-state index in [0.29, 0.717) is 12.2 Å². The van der Waals surface area contributed by atoms with Crippen LogP contribution in [0.25, 0.3) is 0 Å². The number of rotatable bonds is 3. The van der Waals surface area contributed by atoms with Crippen molar-refractivity contribution < 1.29 is 18.3 Å². The topological polar surface area (TPSA) is 74.7 Å². The molecule has 1 aliphatic heterocycles. The average Bonchev–Trinajstić information content (AvgIpc) is 2.36. The first-order valence-corrected chi connectivity index (χ1v) is 7.66. The van der Waals surface area contributed by atoms with Crippen molar-refractivity contribution in [3.05, 3.63) is 29.8 Å². The number of fused-ring (bicyclic) bond motifs is 1. The molecule has 2 unspecified atom stereocenters. The molecule has 1 aromatic rings. The van der Waals surface area contributed by atoms with Crippen molar-refractivity contribution in [3.63, 3.8) is 0 Å². The molecule has 6 heteroatoms.